The number of nitriles is 1. The fraction of sp³-hybridized carbons (Fsp3) is 0.667. The van der Waals surface area contributed by atoms with Crippen molar-refractivity contribution >= 4 is 5.97 Å². The molecule has 0 aromatic heterocycles. The van der Waals surface area contributed by atoms with Gasteiger partial charge in [0.15, 0.2) is 5.92 Å². The Morgan fingerprint density at radius 2 is 2.30 bits per heavy atom. The third kappa shape index (κ3) is 2.03. The second kappa shape index (κ2) is 3.85. The van der Waals surface area contributed by atoms with Crippen LogP contribution in [0.15, 0.2) is 0 Å². The van der Waals surface area contributed by atoms with Crippen LogP contribution in [-0.2, 0) is 9.53 Å². The zero-order valence-electron chi connectivity index (χ0n) is 5.87. The molecule has 0 rings (SSSR count). The molecule has 0 aliphatic carbocycles. The first-order valence-corrected chi connectivity index (χ1v) is 2.79. The van der Waals surface area contributed by atoms with Gasteiger partial charge in [-0.2, -0.15) is 5.26 Å². The number of esters is 1. The Morgan fingerprint density at radius 1 is 1.80 bits per heavy atom. The van der Waals surface area contributed by atoms with E-state index in [9.17, 15) is 4.79 Å². The highest BCUT2D eigenvalue weighted by Gasteiger charge is 2.23. The summed E-state index contributed by atoms with van der Waals surface area (Å²) in [5.74, 6) is -1.76. The van der Waals surface area contributed by atoms with Crippen LogP contribution in [0.4, 0.5) is 0 Å². The van der Waals surface area contributed by atoms with Gasteiger partial charge in [-0.05, 0) is 6.92 Å². The average molecular weight is 143 g/mol. The van der Waals surface area contributed by atoms with Gasteiger partial charge < -0.3 is 9.84 Å². The molecular weight excluding hydrogens is 134 g/mol. The number of methoxy groups -OCH3 is 1. The van der Waals surface area contributed by atoms with Crippen molar-refractivity contribution in [3.63, 3.8) is 0 Å². The number of aliphatic hydroxyl groups excluding tert-OH is 1. The standard InChI is InChI=1S/C6H9NO3/c1-4(8)5(3-7)6(9)10-2/h4-5,8H,1-2H3/t4-,5?/m1/s1. The molecule has 10 heavy (non-hydrogen) atoms. The van der Waals surface area contributed by atoms with Gasteiger partial charge in [-0.3, -0.25) is 4.79 Å². The molecule has 0 radical (unpaired) electrons. The zero-order chi connectivity index (χ0) is 8.15. The Hall–Kier alpha value is -1.08. The fourth-order valence-corrected chi connectivity index (χ4v) is 0.484. The van der Waals surface area contributed by atoms with Crippen LogP contribution < -0.4 is 0 Å². The van der Waals surface area contributed by atoms with E-state index >= 15 is 0 Å². The van der Waals surface area contributed by atoms with Crippen molar-refractivity contribution in [3.8, 4) is 6.07 Å². The molecule has 4 nitrogen and oxygen atoms in total. The van der Waals surface area contributed by atoms with E-state index in [0.29, 0.717) is 0 Å². The minimum Gasteiger partial charge on any atom is -0.468 e. The first-order valence-electron chi connectivity index (χ1n) is 2.79. The predicted molar refractivity (Wildman–Crippen MR) is 32.8 cm³/mol. The first kappa shape index (κ1) is 8.92. The molecule has 0 aliphatic rings. The van der Waals surface area contributed by atoms with Gasteiger partial charge in [0.1, 0.15) is 0 Å². The van der Waals surface area contributed by atoms with E-state index in [1.807, 2.05) is 0 Å². The number of hydrogen-bond acceptors (Lipinski definition) is 4. The molecule has 0 spiro atoms. The molecule has 0 aliphatic heterocycles. The van der Waals surface area contributed by atoms with Crippen LogP contribution in [0, 0.1) is 17.2 Å². The summed E-state index contributed by atoms with van der Waals surface area (Å²) in [5, 5.41) is 17.1. The SMILES string of the molecule is COC(=O)C(C#N)[C@@H](C)O. The van der Waals surface area contributed by atoms with Crippen molar-refractivity contribution in [1.29, 1.82) is 5.26 Å². The molecule has 1 N–H and O–H groups in total. The van der Waals surface area contributed by atoms with Crippen LogP contribution in [0.3, 0.4) is 0 Å². The Labute approximate surface area is 59.0 Å². The molecule has 4 heteroatoms. The van der Waals surface area contributed by atoms with Crippen LogP contribution in [0.5, 0.6) is 0 Å². The van der Waals surface area contributed by atoms with Gasteiger partial charge in [-0.25, -0.2) is 0 Å². The van der Waals surface area contributed by atoms with Crippen LogP contribution >= 0.6 is 0 Å². The summed E-state index contributed by atoms with van der Waals surface area (Å²) in [6.45, 7) is 1.37. The van der Waals surface area contributed by atoms with Gasteiger partial charge in [0.05, 0.1) is 19.3 Å². The lowest BCUT2D eigenvalue weighted by molar-refractivity contribution is -0.146. The highest BCUT2D eigenvalue weighted by atomic mass is 16.5. The highest BCUT2D eigenvalue weighted by Crippen LogP contribution is 2.02. The maximum absolute atomic E-state index is 10.6. The van der Waals surface area contributed by atoms with E-state index in [1.165, 1.54) is 14.0 Å². The van der Waals surface area contributed by atoms with Crippen molar-refractivity contribution in [2.75, 3.05) is 7.11 Å². The molecule has 1 unspecified atom stereocenters. The summed E-state index contributed by atoms with van der Waals surface area (Å²) in [6, 6.07) is 1.63. The van der Waals surface area contributed by atoms with E-state index in [-0.39, 0.29) is 0 Å². The fourth-order valence-electron chi connectivity index (χ4n) is 0.484. The third-order valence-electron chi connectivity index (χ3n) is 1.08. The number of carbonyl (C=O) groups is 1. The number of rotatable bonds is 2. The number of nitrogens with zero attached hydrogens (tertiary/aromatic N) is 1. The summed E-state index contributed by atoms with van der Waals surface area (Å²) in [4.78, 5) is 10.6. The van der Waals surface area contributed by atoms with E-state index in [4.69, 9.17) is 10.4 Å². The van der Waals surface area contributed by atoms with Gasteiger partial charge in [-0.15, -0.1) is 0 Å². The minimum atomic E-state index is -1.06. The molecule has 2 atom stereocenters. The third-order valence-corrected chi connectivity index (χ3v) is 1.08. The number of aliphatic hydroxyl groups is 1. The summed E-state index contributed by atoms with van der Waals surface area (Å²) in [7, 11) is 1.18. The van der Waals surface area contributed by atoms with Crippen molar-refractivity contribution in [3.05, 3.63) is 0 Å². The highest BCUT2D eigenvalue weighted by molar-refractivity contribution is 5.75. The molecule has 0 fully saturated rings. The van der Waals surface area contributed by atoms with Crippen LogP contribution in [0.2, 0.25) is 0 Å². The van der Waals surface area contributed by atoms with Gasteiger partial charge >= 0.3 is 5.97 Å². The first-order chi connectivity index (χ1) is 4.63. The van der Waals surface area contributed by atoms with Crippen LogP contribution in [0.1, 0.15) is 6.92 Å². The molecule has 0 amide bonds. The van der Waals surface area contributed by atoms with Crippen LogP contribution in [0.25, 0.3) is 0 Å². The molecule has 0 heterocycles. The second-order valence-electron chi connectivity index (χ2n) is 1.87. The average Bonchev–Trinajstić information content (AvgIpc) is 1.88. The van der Waals surface area contributed by atoms with Gasteiger partial charge in [0, 0.05) is 0 Å². The van der Waals surface area contributed by atoms with E-state index in [1.54, 1.807) is 6.07 Å². The summed E-state index contributed by atoms with van der Waals surface area (Å²) in [5.41, 5.74) is 0. The number of ether oxygens (including phenoxy) is 1. The summed E-state index contributed by atoms with van der Waals surface area (Å²) in [6.07, 6.45) is -0.975. The van der Waals surface area contributed by atoms with E-state index in [2.05, 4.69) is 4.74 Å². The Balaban J connectivity index is 4.11. The maximum atomic E-state index is 10.6. The summed E-state index contributed by atoms with van der Waals surface area (Å²) >= 11 is 0. The van der Waals surface area contributed by atoms with Crippen molar-refractivity contribution in [2.24, 2.45) is 5.92 Å². The quantitative estimate of drug-likeness (QED) is 0.538. The lowest BCUT2D eigenvalue weighted by atomic mass is 10.1. The molecule has 0 aromatic carbocycles. The number of hydrogen-bond donors (Lipinski definition) is 1. The van der Waals surface area contributed by atoms with E-state index in [0.717, 1.165) is 0 Å². The molecule has 0 saturated heterocycles. The minimum absolute atomic E-state index is 0.697. The smallest absolute Gasteiger partial charge is 0.325 e. The maximum Gasteiger partial charge on any atom is 0.325 e. The number of carbonyl (C=O) groups excluding carboxylic acids is 1. The lowest BCUT2D eigenvalue weighted by Crippen LogP contribution is -2.25. The van der Waals surface area contributed by atoms with Gasteiger partial charge in [0.25, 0.3) is 0 Å². The van der Waals surface area contributed by atoms with Crippen molar-refractivity contribution in [1.82, 2.24) is 0 Å². The van der Waals surface area contributed by atoms with Gasteiger partial charge in [0.2, 0.25) is 0 Å². The Kier molecular flexibility index (Phi) is 3.44. The van der Waals surface area contributed by atoms with Crippen LogP contribution in [-0.4, -0.2) is 24.3 Å². The molecule has 0 aromatic rings. The topological polar surface area (TPSA) is 70.3 Å². The monoisotopic (exact) mass is 143 g/mol. The second-order valence-corrected chi connectivity index (χ2v) is 1.87. The van der Waals surface area contributed by atoms with Crippen molar-refractivity contribution < 1.29 is 14.6 Å². The molecule has 0 saturated carbocycles. The van der Waals surface area contributed by atoms with E-state index < -0.39 is 18.0 Å². The Morgan fingerprint density at radius 3 is 2.40 bits per heavy atom. The zero-order valence-corrected chi connectivity index (χ0v) is 5.87. The summed E-state index contributed by atoms with van der Waals surface area (Å²) < 4.78 is 4.24. The van der Waals surface area contributed by atoms with Gasteiger partial charge in [-0.1, -0.05) is 0 Å². The normalized spacial score (nSPS) is 15.0. The Bertz CT molecular complexity index is 159. The largest absolute Gasteiger partial charge is 0.468 e. The lowest BCUT2D eigenvalue weighted by Gasteiger charge is -2.07. The molecule has 56 valence electrons. The predicted octanol–water partition coefficient (Wildman–Crippen LogP) is -0.320. The van der Waals surface area contributed by atoms with Crippen molar-refractivity contribution in [2.45, 2.75) is 13.0 Å². The molecular formula is C6H9NO3. The molecule has 0 bridgehead atoms.